The molecule has 21 heavy (non-hydrogen) atoms. The molecule has 0 radical (unpaired) electrons. The Labute approximate surface area is 124 Å². The Balaban J connectivity index is 1.96. The van der Waals surface area contributed by atoms with E-state index >= 15 is 0 Å². The smallest absolute Gasteiger partial charge is 0.0871 e. The fourth-order valence-electron chi connectivity index (χ4n) is 2.67. The van der Waals surface area contributed by atoms with E-state index in [1.165, 1.54) is 5.39 Å². The fourth-order valence-corrected chi connectivity index (χ4v) is 2.67. The quantitative estimate of drug-likeness (QED) is 0.771. The van der Waals surface area contributed by atoms with Gasteiger partial charge in [-0.25, -0.2) is 0 Å². The lowest BCUT2D eigenvalue weighted by molar-refractivity contribution is 0.147. The van der Waals surface area contributed by atoms with E-state index in [9.17, 15) is 5.11 Å². The van der Waals surface area contributed by atoms with Crippen molar-refractivity contribution in [3.63, 3.8) is 0 Å². The van der Waals surface area contributed by atoms with Crippen LogP contribution in [0.5, 0.6) is 0 Å². The summed E-state index contributed by atoms with van der Waals surface area (Å²) in [5.41, 5.74) is 7.71. The second-order valence-corrected chi connectivity index (χ2v) is 5.18. The molecule has 3 rings (SSSR count). The minimum atomic E-state index is -0.635. The molecule has 3 aromatic rings. The standard InChI is InChI=1S/C18H18N2O/c19-11-17(16-6-3-9-20-12-16)18(21)15-8-7-13-4-1-2-5-14(13)10-15/h1-10,12,17-18,21H,11,19H2. The number of nitrogens with zero attached hydrogens (tertiary/aromatic N) is 1. The first-order chi connectivity index (χ1) is 10.3. The molecule has 0 aliphatic rings. The van der Waals surface area contributed by atoms with Crippen molar-refractivity contribution in [3.8, 4) is 0 Å². The maximum absolute atomic E-state index is 10.7. The molecule has 0 saturated heterocycles. The van der Waals surface area contributed by atoms with Crippen molar-refractivity contribution in [3.05, 3.63) is 78.1 Å². The van der Waals surface area contributed by atoms with Crippen molar-refractivity contribution in [2.24, 2.45) is 5.73 Å². The van der Waals surface area contributed by atoms with Crippen LogP contribution in [-0.4, -0.2) is 16.6 Å². The zero-order valence-electron chi connectivity index (χ0n) is 11.7. The lowest BCUT2D eigenvalue weighted by atomic mass is 9.89. The first-order valence-electron chi connectivity index (χ1n) is 7.06. The molecule has 106 valence electrons. The van der Waals surface area contributed by atoms with Crippen LogP contribution in [0.2, 0.25) is 0 Å². The highest BCUT2D eigenvalue weighted by Gasteiger charge is 2.21. The van der Waals surface area contributed by atoms with Gasteiger partial charge in [-0.3, -0.25) is 4.98 Å². The van der Waals surface area contributed by atoms with E-state index in [0.29, 0.717) is 6.54 Å². The van der Waals surface area contributed by atoms with Crippen LogP contribution < -0.4 is 5.73 Å². The number of aliphatic hydroxyl groups is 1. The highest BCUT2D eigenvalue weighted by atomic mass is 16.3. The third-order valence-electron chi connectivity index (χ3n) is 3.86. The van der Waals surface area contributed by atoms with Crippen molar-refractivity contribution < 1.29 is 5.11 Å². The van der Waals surface area contributed by atoms with Crippen LogP contribution in [-0.2, 0) is 0 Å². The van der Waals surface area contributed by atoms with Gasteiger partial charge in [0, 0.05) is 24.9 Å². The van der Waals surface area contributed by atoms with Crippen LogP contribution in [0.15, 0.2) is 67.0 Å². The van der Waals surface area contributed by atoms with Gasteiger partial charge in [0.05, 0.1) is 6.10 Å². The first kappa shape index (κ1) is 13.7. The van der Waals surface area contributed by atoms with E-state index in [0.717, 1.165) is 16.5 Å². The number of aromatic nitrogens is 1. The molecular formula is C18H18N2O. The summed E-state index contributed by atoms with van der Waals surface area (Å²) in [5.74, 6) is -0.153. The zero-order chi connectivity index (χ0) is 14.7. The van der Waals surface area contributed by atoms with Crippen LogP contribution in [0, 0.1) is 0 Å². The van der Waals surface area contributed by atoms with Gasteiger partial charge in [-0.05, 0) is 34.0 Å². The largest absolute Gasteiger partial charge is 0.388 e. The van der Waals surface area contributed by atoms with Gasteiger partial charge in [0.15, 0.2) is 0 Å². The van der Waals surface area contributed by atoms with Gasteiger partial charge >= 0.3 is 0 Å². The van der Waals surface area contributed by atoms with Gasteiger partial charge in [-0.2, -0.15) is 0 Å². The molecule has 2 unspecified atom stereocenters. The third kappa shape index (κ3) is 2.79. The molecule has 0 spiro atoms. The molecule has 0 bridgehead atoms. The van der Waals surface area contributed by atoms with Gasteiger partial charge in [-0.1, -0.05) is 42.5 Å². The average molecular weight is 278 g/mol. The minimum Gasteiger partial charge on any atom is -0.388 e. The number of hydrogen-bond donors (Lipinski definition) is 2. The molecule has 1 aromatic heterocycles. The average Bonchev–Trinajstić information content (AvgIpc) is 2.56. The Hall–Kier alpha value is -2.23. The molecular weight excluding hydrogens is 260 g/mol. The Morgan fingerprint density at radius 1 is 0.952 bits per heavy atom. The van der Waals surface area contributed by atoms with Crippen LogP contribution in [0.4, 0.5) is 0 Å². The predicted molar refractivity (Wildman–Crippen MR) is 84.9 cm³/mol. The normalized spacial score (nSPS) is 14.0. The summed E-state index contributed by atoms with van der Waals surface area (Å²) in [7, 11) is 0. The van der Waals surface area contributed by atoms with Gasteiger partial charge in [0.2, 0.25) is 0 Å². The Morgan fingerprint density at radius 2 is 1.76 bits per heavy atom. The Kier molecular flexibility index (Phi) is 3.95. The maximum atomic E-state index is 10.7. The van der Waals surface area contributed by atoms with Gasteiger partial charge in [0.1, 0.15) is 0 Å². The predicted octanol–water partition coefficient (Wildman–Crippen LogP) is 3.01. The zero-order valence-corrected chi connectivity index (χ0v) is 11.7. The lowest BCUT2D eigenvalue weighted by Gasteiger charge is -2.22. The van der Waals surface area contributed by atoms with Crippen LogP contribution in [0.3, 0.4) is 0 Å². The summed E-state index contributed by atoms with van der Waals surface area (Å²) >= 11 is 0. The van der Waals surface area contributed by atoms with Crippen molar-refractivity contribution in [1.29, 1.82) is 0 Å². The molecule has 0 fully saturated rings. The maximum Gasteiger partial charge on any atom is 0.0871 e. The number of rotatable bonds is 4. The lowest BCUT2D eigenvalue weighted by Crippen LogP contribution is -2.20. The number of benzene rings is 2. The molecule has 1 heterocycles. The van der Waals surface area contributed by atoms with Crippen LogP contribution in [0.25, 0.3) is 10.8 Å². The van der Waals surface area contributed by atoms with Gasteiger partial charge in [0.25, 0.3) is 0 Å². The summed E-state index contributed by atoms with van der Waals surface area (Å²) in [5, 5.41) is 13.0. The van der Waals surface area contributed by atoms with Crippen LogP contribution in [0.1, 0.15) is 23.1 Å². The molecule has 3 nitrogen and oxygen atoms in total. The number of hydrogen-bond acceptors (Lipinski definition) is 3. The SMILES string of the molecule is NCC(c1cccnc1)C(O)c1ccc2ccccc2c1. The number of pyridine rings is 1. The van der Waals surface area contributed by atoms with E-state index in [-0.39, 0.29) is 5.92 Å². The highest BCUT2D eigenvalue weighted by Crippen LogP contribution is 2.31. The van der Waals surface area contributed by atoms with Crippen molar-refractivity contribution >= 4 is 10.8 Å². The van der Waals surface area contributed by atoms with Crippen molar-refractivity contribution in [2.45, 2.75) is 12.0 Å². The van der Waals surface area contributed by atoms with E-state index < -0.39 is 6.10 Å². The second-order valence-electron chi connectivity index (χ2n) is 5.18. The van der Waals surface area contributed by atoms with E-state index in [2.05, 4.69) is 11.1 Å². The van der Waals surface area contributed by atoms with E-state index in [1.807, 2.05) is 48.5 Å². The number of aliphatic hydroxyl groups excluding tert-OH is 1. The van der Waals surface area contributed by atoms with Crippen molar-refractivity contribution in [1.82, 2.24) is 4.98 Å². The highest BCUT2D eigenvalue weighted by molar-refractivity contribution is 5.83. The van der Waals surface area contributed by atoms with Gasteiger partial charge in [-0.15, -0.1) is 0 Å². The summed E-state index contributed by atoms with van der Waals surface area (Å²) in [6.07, 6.45) is 2.85. The molecule has 2 aromatic carbocycles. The molecule has 0 saturated carbocycles. The molecule has 0 amide bonds. The minimum absolute atomic E-state index is 0.153. The Bertz CT molecular complexity index is 727. The summed E-state index contributed by atoms with van der Waals surface area (Å²) in [6.45, 7) is 0.375. The number of fused-ring (bicyclic) bond motifs is 1. The summed E-state index contributed by atoms with van der Waals surface area (Å²) in [6, 6.07) is 18.0. The molecule has 0 aliphatic heterocycles. The first-order valence-corrected chi connectivity index (χ1v) is 7.06. The van der Waals surface area contributed by atoms with Gasteiger partial charge < -0.3 is 10.8 Å². The van der Waals surface area contributed by atoms with Crippen molar-refractivity contribution in [2.75, 3.05) is 6.54 Å². The Morgan fingerprint density at radius 3 is 2.48 bits per heavy atom. The monoisotopic (exact) mass is 278 g/mol. The number of nitrogens with two attached hydrogens (primary N) is 1. The fraction of sp³-hybridized carbons (Fsp3) is 0.167. The summed E-state index contributed by atoms with van der Waals surface area (Å²) < 4.78 is 0. The summed E-state index contributed by atoms with van der Waals surface area (Å²) in [4.78, 5) is 4.11. The van der Waals surface area contributed by atoms with Crippen LogP contribution >= 0.6 is 0 Å². The molecule has 2 atom stereocenters. The molecule has 3 heteroatoms. The second kappa shape index (κ2) is 6.04. The molecule has 3 N–H and O–H groups in total. The van der Waals surface area contributed by atoms with E-state index in [1.54, 1.807) is 12.4 Å². The topological polar surface area (TPSA) is 59.1 Å². The molecule has 0 aliphatic carbocycles. The third-order valence-corrected chi connectivity index (χ3v) is 3.86. The van der Waals surface area contributed by atoms with E-state index in [4.69, 9.17) is 5.73 Å².